The van der Waals surface area contributed by atoms with Gasteiger partial charge in [-0.15, -0.1) is 0 Å². The van der Waals surface area contributed by atoms with Crippen molar-refractivity contribution in [2.24, 2.45) is 0 Å². The first-order chi connectivity index (χ1) is 21.0. The van der Waals surface area contributed by atoms with Gasteiger partial charge in [0.2, 0.25) is 0 Å². The first-order valence-corrected chi connectivity index (χ1v) is 16.7. The van der Waals surface area contributed by atoms with Crippen molar-refractivity contribution in [3.63, 3.8) is 0 Å². The lowest BCUT2D eigenvalue weighted by atomic mass is 9.70. The van der Waals surface area contributed by atoms with E-state index >= 15 is 0 Å². The molecule has 0 N–H and O–H groups in total. The van der Waals surface area contributed by atoms with Crippen molar-refractivity contribution in [2.75, 3.05) is 0 Å². The van der Waals surface area contributed by atoms with Crippen molar-refractivity contribution in [3.05, 3.63) is 167 Å². The van der Waals surface area contributed by atoms with Crippen LogP contribution in [0.25, 0.3) is 22.3 Å². The minimum absolute atomic E-state index is 0.612. The van der Waals surface area contributed by atoms with Crippen molar-refractivity contribution in [2.45, 2.75) is 38.8 Å². The van der Waals surface area contributed by atoms with Gasteiger partial charge in [0.25, 0.3) is 0 Å². The molecule has 2 unspecified atom stereocenters. The van der Waals surface area contributed by atoms with E-state index in [0.29, 0.717) is 0 Å². The molecular formula is C39H28O2S2. The van der Waals surface area contributed by atoms with Crippen molar-refractivity contribution in [1.29, 1.82) is 0 Å². The van der Waals surface area contributed by atoms with Gasteiger partial charge in [-0.25, -0.2) is 0 Å². The Hall–Kier alpha value is -4.06. The van der Waals surface area contributed by atoms with Crippen molar-refractivity contribution < 1.29 is 9.11 Å². The molecule has 0 bridgehead atoms. The largest absolute Gasteiger partial charge is 0.606 e. The van der Waals surface area contributed by atoms with Crippen LogP contribution in [0.2, 0.25) is 0 Å². The Labute approximate surface area is 258 Å². The van der Waals surface area contributed by atoms with E-state index in [9.17, 15) is 9.11 Å². The van der Waals surface area contributed by atoms with Crippen LogP contribution in [0, 0.1) is 13.8 Å². The predicted octanol–water partition coefficient (Wildman–Crippen LogP) is 8.98. The third-order valence-corrected chi connectivity index (χ3v) is 11.7. The maximum absolute atomic E-state index is 13.9. The fourth-order valence-corrected chi connectivity index (χ4v) is 9.07. The Morgan fingerprint density at radius 3 is 1.16 bits per heavy atom. The molecule has 2 aliphatic rings. The molecule has 6 aromatic carbocycles. The number of rotatable bonds is 4. The van der Waals surface area contributed by atoms with Crippen molar-refractivity contribution in [3.8, 4) is 22.3 Å². The highest BCUT2D eigenvalue weighted by atomic mass is 32.2. The first-order valence-electron chi connectivity index (χ1n) is 14.4. The summed E-state index contributed by atoms with van der Waals surface area (Å²) in [5, 5.41) is 0. The summed E-state index contributed by atoms with van der Waals surface area (Å²) in [4.78, 5) is 3.14. The van der Waals surface area contributed by atoms with Gasteiger partial charge in [-0.2, -0.15) is 0 Å². The van der Waals surface area contributed by atoms with Crippen LogP contribution in [0.1, 0.15) is 33.4 Å². The van der Waals surface area contributed by atoms with E-state index in [1.807, 2.05) is 74.5 Å². The van der Waals surface area contributed by atoms with Crippen molar-refractivity contribution in [1.82, 2.24) is 0 Å². The molecule has 43 heavy (non-hydrogen) atoms. The number of aryl methyl sites for hydroxylation is 2. The number of hydrogen-bond acceptors (Lipinski definition) is 2. The standard InChI is InChI=1S/C39H28O2S2/c1-25-11-15-27(16-12-25)42(40)29-19-21-33-31-7-3-5-9-35(31)39(37(33)23-29)36-10-6-4-8-32(36)34-22-20-30(24-38(34)39)43(41)28-17-13-26(2)14-18-28/h3-24H,1-2H3. The van der Waals surface area contributed by atoms with E-state index in [1.54, 1.807) is 0 Å². The lowest BCUT2D eigenvalue weighted by molar-refractivity contribution is 0.594. The SMILES string of the molecule is Cc1ccc([S+]([O-])c2ccc3c(c2)C2(c4ccccc4-3)c3ccccc3-c3ccc([S+]([O-])c4ccc(C)cc4)cc32)cc1. The molecule has 208 valence electrons. The summed E-state index contributed by atoms with van der Waals surface area (Å²) in [6, 6.07) is 45.7. The molecule has 0 radical (unpaired) electrons. The molecule has 8 rings (SSSR count). The molecule has 0 amide bonds. The number of fused-ring (bicyclic) bond motifs is 10. The molecule has 2 atom stereocenters. The number of hydrogen-bond donors (Lipinski definition) is 0. The van der Waals surface area contributed by atoms with Crippen LogP contribution < -0.4 is 0 Å². The summed E-state index contributed by atoms with van der Waals surface area (Å²) in [5.41, 5.74) is 11.0. The zero-order valence-corrected chi connectivity index (χ0v) is 25.5. The van der Waals surface area contributed by atoms with Gasteiger partial charge < -0.3 is 9.11 Å². The van der Waals surface area contributed by atoms with E-state index in [-0.39, 0.29) is 0 Å². The van der Waals surface area contributed by atoms with Crippen LogP contribution in [-0.2, 0) is 27.8 Å². The van der Waals surface area contributed by atoms with Crippen LogP contribution >= 0.6 is 0 Å². The molecule has 0 saturated carbocycles. The van der Waals surface area contributed by atoms with E-state index < -0.39 is 27.8 Å². The topological polar surface area (TPSA) is 46.1 Å². The van der Waals surface area contributed by atoms with E-state index in [4.69, 9.17) is 0 Å². The lowest BCUT2D eigenvalue weighted by Gasteiger charge is -2.30. The molecule has 0 fully saturated rings. The Balaban J connectivity index is 1.38. The van der Waals surface area contributed by atoms with Crippen LogP contribution in [0.3, 0.4) is 0 Å². The monoisotopic (exact) mass is 592 g/mol. The Morgan fingerprint density at radius 2 is 0.744 bits per heavy atom. The lowest BCUT2D eigenvalue weighted by Crippen LogP contribution is -2.26. The second kappa shape index (κ2) is 10.0. The molecule has 4 heteroatoms. The first kappa shape index (κ1) is 26.6. The highest BCUT2D eigenvalue weighted by Gasteiger charge is 2.52. The Morgan fingerprint density at radius 1 is 0.395 bits per heavy atom. The molecule has 0 aromatic heterocycles. The van der Waals surface area contributed by atoms with E-state index in [2.05, 4.69) is 72.8 Å². The average Bonchev–Trinajstić information content (AvgIpc) is 3.51. The maximum Gasteiger partial charge on any atom is 0.158 e. The molecule has 2 nitrogen and oxygen atoms in total. The molecular weight excluding hydrogens is 565 g/mol. The summed E-state index contributed by atoms with van der Waals surface area (Å²) in [6.07, 6.45) is 0. The second-order valence-corrected chi connectivity index (χ2v) is 14.4. The van der Waals surface area contributed by atoms with Gasteiger partial charge in [0.1, 0.15) is 0 Å². The zero-order valence-electron chi connectivity index (χ0n) is 23.8. The molecule has 0 saturated heterocycles. The molecule has 1 spiro atoms. The summed E-state index contributed by atoms with van der Waals surface area (Å²) in [7, 11) is 0. The Bertz CT molecular complexity index is 1880. The minimum atomic E-state index is -1.33. The van der Waals surface area contributed by atoms with Crippen molar-refractivity contribution >= 4 is 22.4 Å². The quantitative estimate of drug-likeness (QED) is 0.192. The predicted molar refractivity (Wildman–Crippen MR) is 174 cm³/mol. The van der Waals surface area contributed by atoms with Gasteiger partial charge in [-0.05, 0) is 119 Å². The summed E-state index contributed by atoms with van der Waals surface area (Å²) < 4.78 is 27.8. The summed E-state index contributed by atoms with van der Waals surface area (Å²) in [6.45, 7) is 4.08. The fourth-order valence-electron chi connectivity index (χ4n) is 6.92. The smallest absolute Gasteiger partial charge is 0.158 e. The highest BCUT2D eigenvalue weighted by molar-refractivity contribution is 7.91. The highest BCUT2D eigenvalue weighted by Crippen LogP contribution is 2.63. The van der Waals surface area contributed by atoms with Gasteiger partial charge >= 0.3 is 0 Å². The second-order valence-electron chi connectivity index (χ2n) is 11.4. The third-order valence-electron chi connectivity index (χ3n) is 8.93. The molecule has 6 aromatic rings. The van der Waals surface area contributed by atoms with Crippen LogP contribution in [-0.4, -0.2) is 9.11 Å². The van der Waals surface area contributed by atoms with Crippen LogP contribution in [0.15, 0.2) is 153 Å². The number of benzene rings is 6. The van der Waals surface area contributed by atoms with Gasteiger partial charge in [0, 0.05) is 22.4 Å². The average molecular weight is 593 g/mol. The normalized spacial score (nSPS) is 17.2. The van der Waals surface area contributed by atoms with Gasteiger partial charge in [0.05, 0.1) is 5.41 Å². The maximum atomic E-state index is 13.9. The molecule has 2 aliphatic carbocycles. The van der Waals surface area contributed by atoms with Crippen LogP contribution in [0.4, 0.5) is 0 Å². The van der Waals surface area contributed by atoms with E-state index in [0.717, 1.165) is 53.0 Å². The fraction of sp³-hybridized carbons (Fsp3) is 0.0769. The Kier molecular flexibility index (Phi) is 6.18. The van der Waals surface area contributed by atoms with Gasteiger partial charge in [-0.1, -0.05) is 83.9 Å². The molecule has 0 heterocycles. The summed E-state index contributed by atoms with van der Waals surface area (Å²) in [5.74, 6) is 0. The van der Waals surface area contributed by atoms with E-state index in [1.165, 1.54) is 22.3 Å². The third kappa shape index (κ3) is 3.91. The molecule has 0 aliphatic heterocycles. The minimum Gasteiger partial charge on any atom is -0.606 e. The van der Waals surface area contributed by atoms with Gasteiger partial charge in [0.15, 0.2) is 19.6 Å². The van der Waals surface area contributed by atoms with Crippen LogP contribution in [0.5, 0.6) is 0 Å². The zero-order chi connectivity index (χ0) is 29.3. The van der Waals surface area contributed by atoms with Gasteiger partial charge in [-0.3, -0.25) is 0 Å². The summed E-state index contributed by atoms with van der Waals surface area (Å²) >= 11 is -2.66.